The first-order chi connectivity index (χ1) is 9.10. The molecule has 0 saturated carbocycles. The second kappa shape index (κ2) is 5.21. The number of hydrogen-bond acceptors (Lipinski definition) is 6. The van der Waals surface area contributed by atoms with E-state index in [0.29, 0.717) is 11.4 Å². The van der Waals surface area contributed by atoms with E-state index >= 15 is 0 Å². The van der Waals surface area contributed by atoms with E-state index in [9.17, 15) is 10.1 Å². The Labute approximate surface area is 108 Å². The van der Waals surface area contributed by atoms with Crippen LogP contribution in [-0.4, -0.2) is 17.0 Å². The van der Waals surface area contributed by atoms with E-state index in [0.717, 1.165) is 0 Å². The number of nitrogens with two attached hydrogens (primary N) is 1. The van der Waals surface area contributed by atoms with E-state index in [4.69, 9.17) is 15.2 Å². The van der Waals surface area contributed by atoms with Gasteiger partial charge >= 0.3 is 0 Å². The molecule has 0 saturated heterocycles. The number of nitrogen functional groups attached to an aromatic ring is 1. The Kier molecular flexibility index (Phi) is 3.46. The minimum absolute atomic E-state index is 0.0789. The molecule has 0 aliphatic heterocycles. The summed E-state index contributed by atoms with van der Waals surface area (Å²) < 4.78 is 10.5. The highest BCUT2D eigenvalue weighted by atomic mass is 16.6. The molecule has 0 bridgehead atoms. The van der Waals surface area contributed by atoms with Crippen molar-refractivity contribution in [2.24, 2.45) is 0 Å². The molecular weight excluding hydrogens is 250 g/mol. The van der Waals surface area contributed by atoms with Crippen LogP contribution in [0.5, 0.6) is 17.4 Å². The summed E-state index contributed by atoms with van der Waals surface area (Å²) in [4.78, 5) is 14.1. The van der Waals surface area contributed by atoms with Crippen LogP contribution in [0.2, 0.25) is 0 Å². The molecule has 0 fully saturated rings. The van der Waals surface area contributed by atoms with Gasteiger partial charge in [-0.15, -0.1) is 0 Å². The second-order valence-electron chi connectivity index (χ2n) is 3.62. The lowest BCUT2D eigenvalue weighted by Crippen LogP contribution is -1.95. The lowest BCUT2D eigenvalue weighted by molar-refractivity contribution is -0.384. The highest BCUT2D eigenvalue weighted by Gasteiger charge is 2.13. The Morgan fingerprint density at radius 1 is 1.26 bits per heavy atom. The number of pyridine rings is 1. The molecule has 0 radical (unpaired) electrons. The van der Waals surface area contributed by atoms with E-state index in [1.54, 1.807) is 12.1 Å². The van der Waals surface area contributed by atoms with Crippen molar-refractivity contribution in [1.29, 1.82) is 0 Å². The number of aromatic nitrogens is 1. The molecule has 0 atom stereocenters. The largest absolute Gasteiger partial charge is 0.493 e. The Hall–Kier alpha value is -2.83. The highest BCUT2D eigenvalue weighted by Crippen LogP contribution is 2.34. The van der Waals surface area contributed by atoms with E-state index in [1.807, 2.05) is 0 Å². The average molecular weight is 261 g/mol. The number of non-ortho nitro benzene ring substituents is 1. The third-order valence-corrected chi connectivity index (χ3v) is 2.33. The molecule has 19 heavy (non-hydrogen) atoms. The van der Waals surface area contributed by atoms with Gasteiger partial charge in [0, 0.05) is 24.0 Å². The topological polar surface area (TPSA) is 101 Å². The number of nitro groups is 1. The Balaban J connectivity index is 2.32. The van der Waals surface area contributed by atoms with Crippen LogP contribution in [0.15, 0.2) is 36.5 Å². The Morgan fingerprint density at radius 3 is 2.68 bits per heavy atom. The maximum absolute atomic E-state index is 10.7. The fourth-order valence-electron chi connectivity index (χ4n) is 1.45. The summed E-state index contributed by atoms with van der Waals surface area (Å²) in [6.07, 6.45) is 1.50. The van der Waals surface area contributed by atoms with Crippen LogP contribution in [0.1, 0.15) is 0 Å². The summed E-state index contributed by atoms with van der Waals surface area (Å²) in [6.45, 7) is 0. The number of nitrogens with zero attached hydrogens (tertiary/aromatic N) is 2. The SMILES string of the molecule is COc1cc([N+](=O)[O-])ccc1Oc1cc(N)ccn1. The maximum atomic E-state index is 10.7. The third kappa shape index (κ3) is 2.89. The smallest absolute Gasteiger partial charge is 0.273 e. The van der Waals surface area contributed by atoms with Crippen molar-refractivity contribution in [1.82, 2.24) is 4.98 Å². The molecule has 1 aromatic heterocycles. The van der Waals surface area contributed by atoms with Crippen molar-refractivity contribution in [2.75, 3.05) is 12.8 Å². The van der Waals surface area contributed by atoms with Crippen molar-refractivity contribution >= 4 is 11.4 Å². The molecule has 7 nitrogen and oxygen atoms in total. The summed E-state index contributed by atoms with van der Waals surface area (Å²) in [5, 5.41) is 10.7. The predicted octanol–water partition coefficient (Wildman–Crippen LogP) is 2.37. The number of rotatable bonds is 4. The van der Waals surface area contributed by atoms with Gasteiger partial charge in [-0.1, -0.05) is 0 Å². The first-order valence-corrected chi connectivity index (χ1v) is 5.32. The summed E-state index contributed by atoms with van der Waals surface area (Å²) in [7, 11) is 1.40. The van der Waals surface area contributed by atoms with Gasteiger partial charge in [0.15, 0.2) is 11.5 Å². The maximum Gasteiger partial charge on any atom is 0.273 e. The predicted molar refractivity (Wildman–Crippen MR) is 68.4 cm³/mol. The van der Waals surface area contributed by atoms with Gasteiger partial charge < -0.3 is 15.2 Å². The standard InChI is InChI=1S/C12H11N3O4/c1-18-11-7-9(15(16)17)2-3-10(11)19-12-6-8(13)4-5-14-12/h2-7H,1H3,(H2,13,14). The molecule has 2 rings (SSSR count). The zero-order chi connectivity index (χ0) is 13.8. The van der Waals surface area contributed by atoms with Crippen LogP contribution in [-0.2, 0) is 0 Å². The first-order valence-electron chi connectivity index (χ1n) is 5.32. The minimum Gasteiger partial charge on any atom is -0.493 e. The zero-order valence-corrected chi connectivity index (χ0v) is 10.1. The van der Waals surface area contributed by atoms with Crippen LogP contribution in [0.4, 0.5) is 11.4 Å². The van der Waals surface area contributed by atoms with Gasteiger partial charge in [-0.2, -0.15) is 0 Å². The van der Waals surface area contributed by atoms with Gasteiger partial charge in [0.1, 0.15) is 0 Å². The van der Waals surface area contributed by atoms with Gasteiger partial charge in [-0.3, -0.25) is 10.1 Å². The monoisotopic (exact) mass is 261 g/mol. The molecule has 2 N–H and O–H groups in total. The minimum atomic E-state index is -0.509. The molecule has 7 heteroatoms. The summed E-state index contributed by atoms with van der Waals surface area (Å²) >= 11 is 0. The molecule has 98 valence electrons. The first kappa shape index (κ1) is 12.6. The molecule has 1 heterocycles. The van der Waals surface area contributed by atoms with E-state index in [2.05, 4.69) is 4.98 Å². The molecule has 0 spiro atoms. The van der Waals surface area contributed by atoms with E-state index < -0.39 is 4.92 Å². The highest BCUT2D eigenvalue weighted by molar-refractivity contribution is 5.50. The molecule has 0 aliphatic carbocycles. The fourth-order valence-corrected chi connectivity index (χ4v) is 1.45. The van der Waals surface area contributed by atoms with Gasteiger partial charge in [-0.25, -0.2) is 4.98 Å². The van der Waals surface area contributed by atoms with Crippen LogP contribution < -0.4 is 15.2 Å². The van der Waals surface area contributed by atoms with Gasteiger partial charge in [-0.05, 0) is 12.1 Å². The number of benzene rings is 1. The van der Waals surface area contributed by atoms with Gasteiger partial charge in [0.2, 0.25) is 5.88 Å². The van der Waals surface area contributed by atoms with Crippen LogP contribution in [0.3, 0.4) is 0 Å². The molecule has 0 aliphatic rings. The Bertz CT molecular complexity index is 616. The molecule has 2 aromatic rings. The molecule has 0 amide bonds. The normalized spacial score (nSPS) is 9.95. The van der Waals surface area contributed by atoms with Crippen LogP contribution >= 0.6 is 0 Å². The van der Waals surface area contributed by atoms with Gasteiger partial charge in [0.25, 0.3) is 5.69 Å². The lowest BCUT2D eigenvalue weighted by atomic mass is 10.3. The van der Waals surface area contributed by atoms with Crippen molar-refractivity contribution in [3.8, 4) is 17.4 Å². The van der Waals surface area contributed by atoms with Crippen molar-refractivity contribution in [3.05, 3.63) is 46.6 Å². The average Bonchev–Trinajstić information content (AvgIpc) is 2.39. The van der Waals surface area contributed by atoms with E-state index in [-0.39, 0.29) is 17.3 Å². The third-order valence-electron chi connectivity index (χ3n) is 2.33. The fraction of sp³-hybridized carbons (Fsp3) is 0.0833. The van der Waals surface area contributed by atoms with Gasteiger partial charge in [0.05, 0.1) is 18.1 Å². The van der Waals surface area contributed by atoms with Crippen molar-refractivity contribution < 1.29 is 14.4 Å². The van der Waals surface area contributed by atoms with Crippen molar-refractivity contribution in [3.63, 3.8) is 0 Å². The number of nitro benzene ring substituents is 1. The zero-order valence-electron chi connectivity index (χ0n) is 10.1. The molecule has 1 aromatic carbocycles. The lowest BCUT2D eigenvalue weighted by Gasteiger charge is -2.09. The number of anilines is 1. The summed E-state index contributed by atoms with van der Waals surface area (Å²) in [6, 6.07) is 7.22. The van der Waals surface area contributed by atoms with Crippen LogP contribution in [0, 0.1) is 10.1 Å². The number of hydrogen-bond donors (Lipinski definition) is 1. The van der Waals surface area contributed by atoms with Crippen molar-refractivity contribution in [2.45, 2.75) is 0 Å². The quantitative estimate of drug-likeness (QED) is 0.669. The summed E-state index contributed by atoms with van der Waals surface area (Å²) in [5.74, 6) is 0.858. The Morgan fingerprint density at radius 2 is 2.05 bits per heavy atom. The molecular formula is C12H11N3O4. The number of ether oxygens (including phenoxy) is 2. The van der Waals surface area contributed by atoms with Crippen LogP contribution in [0.25, 0.3) is 0 Å². The number of methoxy groups -OCH3 is 1. The molecule has 0 unspecified atom stereocenters. The second-order valence-corrected chi connectivity index (χ2v) is 3.62. The summed E-state index contributed by atoms with van der Waals surface area (Å²) in [5.41, 5.74) is 6.03. The van der Waals surface area contributed by atoms with E-state index in [1.165, 1.54) is 31.5 Å².